The van der Waals surface area contributed by atoms with E-state index in [1.807, 2.05) is 0 Å². The van der Waals surface area contributed by atoms with E-state index < -0.39 is 22.7 Å². The lowest BCUT2D eigenvalue weighted by Crippen LogP contribution is -2.33. The molecular formula is C19H14N2O6. The normalized spacial score (nSPS) is 13.1. The standard InChI is InChI=1S/C19H14N2O6/c22-17(10-9-13-5-1-4-8-16(13)21(25)26)27-12-11-20-18(23)14-6-2-3-7-15(14)19(20)24/h1-10H,11-12H2. The Balaban J connectivity index is 1.56. The SMILES string of the molecule is O=C(C=Cc1ccccc1[N+](=O)[O-])OCCN1C(=O)c2ccccc2C1=O. The van der Waals surface area contributed by atoms with Crippen LogP contribution >= 0.6 is 0 Å². The van der Waals surface area contributed by atoms with Crippen molar-refractivity contribution >= 4 is 29.5 Å². The van der Waals surface area contributed by atoms with E-state index in [0.717, 1.165) is 11.0 Å². The molecule has 0 atom stereocenters. The van der Waals surface area contributed by atoms with Crippen molar-refractivity contribution in [2.24, 2.45) is 0 Å². The number of fused-ring (bicyclic) bond motifs is 1. The molecule has 1 heterocycles. The number of hydrogen-bond acceptors (Lipinski definition) is 6. The molecule has 0 spiro atoms. The van der Waals surface area contributed by atoms with Crippen LogP contribution in [0.1, 0.15) is 26.3 Å². The Morgan fingerprint density at radius 1 is 1.04 bits per heavy atom. The second-order valence-electron chi connectivity index (χ2n) is 5.62. The number of rotatable bonds is 6. The molecule has 1 aliphatic heterocycles. The molecule has 27 heavy (non-hydrogen) atoms. The average molecular weight is 366 g/mol. The number of ether oxygens (including phenoxy) is 1. The Morgan fingerprint density at radius 3 is 2.26 bits per heavy atom. The zero-order chi connectivity index (χ0) is 19.4. The van der Waals surface area contributed by atoms with Crippen LogP contribution in [0.15, 0.2) is 54.6 Å². The predicted octanol–water partition coefficient (Wildman–Crippen LogP) is 2.45. The fourth-order valence-corrected chi connectivity index (χ4v) is 2.68. The molecule has 0 saturated carbocycles. The fraction of sp³-hybridized carbons (Fsp3) is 0.105. The van der Waals surface area contributed by atoms with Gasteiger partial charge in [-0.15, -0.1) is 0 Å². The minimum atomic E-state index is -0.732. The maximum Gasteiger partial charge on any atom is 0.330 e. The highest BCUT2D eigenvalue weighted by atomic mass is 16.6. The molecule has 2 amide bonds. The molecule has 0 aromatic heterocycles. The molecule has 0 fully saturated rings. The van der Waals surface area contributed by atoms with Gasteiger partial charge in [-0.25, -0.2) is 4.79 Å². The molecule has 2 aromatic rings. The van der Waals surface area contributed by atoms with Crippen molar-refractivity contribution in [3.05, 3.63) is 81.4 Å². The van der Waals surface area contributed by atoms with Crippen LogP contribution in [0.2, 0.25) is 0 Å². The number of hydrogen-bond donors (Lipinski definition) is 0. The lowest BCUT2D eigenvalue weighted by atomic mass is 10.1. The van der Waals surface area contributed by atoms with E-state index in [0.29, 0.717) is 11.1 Å². The maximum absolute atomic E-state index is 12.2. The van der Waals surface area contributed by atoms with E-state index in [1.165, 1.54) is 24.3 Å². The Bertz CT molecular complexity index is 931. The molecular weight excluding hydrogens is 352 g/mol. The van der Waals surface area contributed by atoms with Gasteiger partial charge in [0.25, 0.3) is 17.5 Å². The van der Waals surface area contributed by atoms with Gasteiger partial charge in [-0.1, -0.05) is 24.3 Å². The van der Waals surface area contributed by atoms with Gasteiger partial charge in [0.15, 0.2) is 0 Å². The highest BCUT2D eigenvalue weighted by molar-refractivity contribution is 6.21. The van der Waals surface area contributed by atoms with Crippen molar-refractivity contribution in [3.8, 4) is 0 Å². The average Bonchev–Trinajstić information content (AvgIpc) is 2.91. The number of esters is 1. The fourth-order valence-electron chi connectivity index (χ4n) is 2.68. The number of imide groups is 1. The van der Waals surface area contributed by atoms with E-state index in [1.54, 1.807) is 30.3 Å². The van der Waals surface area contributed by atoms with E-state index in [4.69, 9.17) is 4.74 Å². The van der Waals surface area contributed by atoms with Crippen molar-refractivity contribution in [2.75, 3.05) is 13.2 Å². The maximum atomic E-state index is 12.2. The van der Waals surface area contributed by atoms with Crippen molar-refractivity contribution in [3.63, 3.8) is 0 Å². The van der Waals surface area contributed by atoms with Crippen molar-refractivity contribution < 1.29 is 24.0 Å². The van der Waals surface area contributed by atoms with E-state index in [2.05, 4.69) is 0 Å². The first kappa shape index (κ1) is 18.0. The van der Waals surface area contributed by atoms with Crippen LogP contribution < -0.4 is 0 Å². The topological polar surface area (TPSA) is 107 Å². The van der Waals surface area contributed by atoms with Gasteiger partial charge in [0, 0.05) is 12.1 Å². The highest BCUT2D eigenvalue weighted by Gasteiger charge is 2.34. The summed E-state index contributed by atoms with van der Waals surface area (Å²) in [4.78, 5) is 47.5. The number of para-hydroxylation sites is 1. The Kier molecular flexibility index (Phi) is 5.07. The van der Waals surface area contributed by atoms with Crippen molar-refractivity contribution in [1.82, 2.24) is 4.90 Å². The predicted molar refractivity (Wildman–Crippen MR) is 94.9 cm³/mol. The van der Waals surface area contributed by atoms with Crippen LogP contribution in [0, 0.1) is 10.1 Å². The van der Waals surface area contributed by atoms with Crippen LogP contribution in [-0.2, 0) is 9.53 Å². The highest BCUT2D eigenvalue weighted by Crippen LogP contribution is 2.22. The van der Waals surface area contributed by atoms with Gasteiger partial charge < -0.3 is 4.74 Å². The molecule has 136 valence electrons. The van der Waals surface area contributed by atoms with E-state index in [-0.39, 0.29) is 24.4 Å². The lowest BCUT2D eigenvalue weighted by Gasteiger charge is -2.13. The monoisotopic (exact) mass is 366 g/mol. The number of nitro groups is 1. The summed E-state index contributed by atoms with van der Waals surface area (Å²) < 4.78 is 4.98. The molecule has 3 rings (SSSR count). The second-order valence-corrected chi connectivity index (χ2v) is 5.62. The zero-order valence-corrected chi connectivity index (χ0v) is 14.0. The molecule has 0 radical (unpaired) electrons. The van der Waals surface area contributed by atoms with Crippen LogP contribution in [0.4, 0.5) is 5.69 Å². The summed E-state index contributed by atoms with van der Waals surface area (Å²) in [6.07, 6.45) is 2.34. The van der Waals surface area contributed by atoms with Crippen LogP contribution in [0.3, 0.4) is 0 Å². The van der Waals surface area contributed by atoms with Crippen molar-refractivity contribution in [2.45, 2.75) is 0 Å². The third-order valence-electron chi connectivity index (χ3n) is 3.97. The lowest BCUT2D eigenvalue weighted by molar-refractivity contribution is -0.385. The Labute approximate surface area is 153 Å². The summed E-state index contributed by atoms with van der Waals surface area (Å²) in [6, 6.07) is 12.4. The minimum absolute atomic E-state index is 0.0720. The quantitative estimate of drug-likeness (QED) is 0.255. The summed E-state index contributed by atoms with van der Waals surface area (Å²) in [5, 5.41) is 10.9. The van der Waals surface area contributed by atoms with Gasteiger partial charge in [0.1, 0.15) is 6.61 Å². The molecule has 0 aliphatic carbocycles. The smallest absolute Gasteiger partial charge is 0.330 e. The summed E-state index contributed by atoms with van der Waals surface area (Å²) in [6.45, 7) is -0.247. The third-order valence-corrected chi connectivity index (χ3v) is 3.97. The second kappa shape index (κ2) is 7.61. The Hall–Kier alpha value is -3.81. The number of nitro benzene ring substituents is 1. The minimum Gasteiger partial charge on any atom is -0.461 e. The molecule has 2 aromatic carbocycles. The number of amides is 2. The van der Waals surface area contributed by atoms with Gasteiger partial charge in [-0.3, -0.25) is 24.6 Å². The van der Waals surface area contributed by atoms with Crippen molar-refractivity contribution in [1.29, 1.82) is 0 Å². The van der Waals surface area contributed by atoms with Gasteiger partial charge in [-0.2, -0.15) is 0 Å². The van der Waals surface area contributed by atoms with E-state index >= 15 is 0 Å². The van der Waals surface area contributed by atoms with Crippen LogP contribution in [-0.4, -0.2) is 40.8 Å². The Morgan fingerprint density at radius 2 is 1.63 bits per heavy atom. The van der Waals surface area contributed by atoms with Crippen LogP contribution in [0.25, 0.3) is 6.08 Å². The molecule has 8 nitrogen and oxygen atoms in total. The summed E-state index contributed by atoms with van der Waals surface area (Å²) in [5.74, 6) is -1.59. The number of carbonyl (C=O) groups excluding carboxylic acids is 3. The largest absolute Gasteiger partial charge is 0.461 e. The van der Waals surface area contributed by atoms with Gasteiger partial charge in [-0.05, 0) is 24.3 Å². The summed E-state index contributed by atoms with van der Waals surface area (Å²) >= 11 is 0. The molecule has 1 aliphatic rings. The van der Waals surface area contributed by atoms with Crippen LogP contribution in [0.5, 0.6) is 0 Å². The molecule has 8 heteroatoms. The first-order chi connectivity index (χ1) is 13.0. The molecule has 0 saturated heterocycles. The number of nitrogens with zero attached hydrogens (tertiary/aromatic N) is 2. The van der Waals surface area contributed by atoms with E-state index in [9.17, 15) is 24.5 Å². The number of carbonyl (C=O) groups is 3. The molecule has 0 bridgehead atoms. The molecule has 0 N–H and O–H groups in total. The third kappa shape index (κ3) is 3.74. The summed E-state index contributed by atoms with van der Waals surface area (Å²) in [7, 11) is 0. The number of benzene rings is 2. The molecule has 0 unspecified atom stereocenters. The zero-order valence-electron chi connectivity index (χ0n) is 14.0. The summed E-state index contributed by atoms with van der Waals surface area (Å²) in [5.41, 5.74) is 0.780. The van der Waals surface area contributed by atoms with Gasteiger partial charge in [0.2, 0.25) is 0 Å². The first-order valence-electron chi connectivity index (χ1n) is 8.02. The van der Waals surface area contributed by atoms with Gasteiger partial charge >= 0.3 is 5.97 Å². The van der Waals surface area contributed by atoms with Gasteiger partial charge in [0.05, 0.1) is 28.2 Å². The first-order valence-corrected chi connectivity index (χ1v) is 8.02.